The van der Waals surface area contributed by atoms with E-state index in [1.807, 2.05) is 0 Å². The van der Waals surface area contributed by atoms with Gasteiger partial charge >= 0.3 is 0 Å². The fourth-order valence-electron chi connectivity index (χ4n) is 3.56. The molecule has 162 valence electrons. The lowest BCUT2D eigenvalue weighted by molar-refractivity contribution is 0.206. The molecule has 0 aromatic carbocycles. The first-order valence-corrected chi connectivity index (χ1v) is 11.3. The van der Waals surface area contributed by atoms with E-state index in [0.29, 0.717) is 12.6 Å². The first-order valence-electron chi connectivity index (χ1n) is 10.4. The highest BCUT2D eigenvalue weighted by Crippen LogP contribution is 2.12. The molecule has 2 N–H and O–H groups in total. The molecule has 0 aliphatic carbocycles. The van der Waals surface area contributed by atoms with Gasteiger partial charge in [0, 0.05) is 43.5 Å². The molecule has 0 saturated carbocycles. The van der Waals surface area contributed by atoms with E-state index in [4.69, 9.17) is 4.99 Å². The highest BCUT2D eigenvalue weighted by molar-refractivity contribution is 14.0. The minimum atomic E-state index is 0. The molecule has 3 rings (SSSR count). The molecular formula is C20H34IN7S. The van der Waals surface area contributed by atoms with Gasteiger partial charge in [0.25, 0.3) is 0 Å². The van der Waals surface area contributed by atoms with Crippen molar-refractivity contribution < 1.29 is 0 Å². The summed E-state index contributed by atoms with van der Waals surface area (Å²) in [7, 11) is 0. The number of guanidine groups is 1. The lowest BCUT2D eigenvalue weighted by Crippen LogP contribution is -2.49. The number of hydrogen-bond donors (Lipinski definition) is 2. The molecule has 0 atom stereocenters. The fourth-order valence-corrected chi connectivity index (χ4v) is 4.18. The number of piperidine rings is 1. The van der Waals surface area contributed by atoms with Gasteiger partial charge in [-0.3, -0.25) is 0 Å². The summed E-state index contributed by atoms with van der Waals surface area (Å²) in [6.45, 7) is 10.3. The third-order valence-electron chi connectivity index (χ3n) is 5.10. The standard InChI is InChI=1S/C20H33N7S.HI/c1-3-10-26-11-7-17(8-12-26)24-20(22-15-18-6-5-14-28-18)21-9-13-27-16-23-25-19(27)4-2;/h5-6,14,16-17H,3-4,7-13,15H2,1-2H3,(H2,21,22,24);1H. The van der Waals surface area contributed by atoms with Crippen LogP contribution in [0.5, 0.6) is 0 Å². The summed E-state index contributed by atoms with van der Waals surface area (Å²) < 4.78 is 2.10. The van der Waals surface area contributed by atoms with Crippen LogP contribution < -0.4 is 10.6 Å². The summed E-state index contributed by atoms with van der Waals surface area (Å²) in [6, 6.07) is 4.71. The fraction of sp³-hybridized carbons (Fsp3) is 0.650. The molecule has 0 unspecified atom stereocenters. The van der Waals surface area contributed by atoms with E-state index in [1.165, 1.54) is 43.8 Å². The quantitative estimate of drug-likeness (QED) is 0.296. The molecule has 0 bridgehead atoms. The van der Waals surface area contributed by atoms with E-state index in [-0.39, 0.29) is 24.0 Å². The van der Waals surface area contributed by atoms with Gasteiger partial charge in [-0.15, -0.1) is 45.5 Å². The summed E-state index contributed by atoms with van der Waals surface area (Å²) in [5, 5.41) is 17.4. The molecule has 29 heavy (non-hydrogen) atoms. The summed E-state index contributed by atoms with van der Waals surface area (Å²) in [6.07, 6.45) is 6.28. The predicted octanol–water partition coefficient (Wildman–Crippen LogP) is 3.13. The Labute approximate surface area is 195 Å². The first-order chi connectivity index (χ1) is 13.8. The normalized spacial score (nSPS) is 15.9. The number of likely N-dealkylation sites (tertiary alicyclic amines) is 1. The molecule has 0 amide bonds. The van der Waals surface area contributed by atoms with Crippen LogP contribution in [-0.2, 0) is 19.5 Å². The molecule has 7 nitrogen and oxygen atoms in total. The number of thiophene rings is 1. The van der Waals surface area contributed by atoms with Gasteiger partial charge < -0.3 is 20.1 Å². The maximum absolute atomic E-state index is 4.83. The maximum atomic E-state index is 4.83. The predicted molar refractivity (Wildman–Crippen MR) is 131 cm³/mol. The Morgan fingerprint density at radius 1 is 1.28 bits per heavy atom. The Bertz CT molecular complexity index is 708. The van der Waals surface area contributed by atoms with Crippen molar-refractivity contribution in [2.24, 2.45) is 4.99 Å². The largest absolute Gasteiger partial charge is 0.355 e. The molecule has 0 radical (unpaired) electrons. The van der Waals surface area contributed by atoms with Crippen LogP contribution in [0.25, 0.3) is 0 Å². The average molecular weight is 532 g/mol. The first kappa shape index (κ1) is 24.1. The van der Waals surface area contributed by atoms with Crippen LogP contribution in [0.1, 0.15) is 43.8 Å². The zero-order valence-electron chi connectivity index (χ0n) is 17.5. The van der Waals surface area contributed by atoms with Crippen molar-refractivity contribution in [3.63, 3.8) is 0 Å². The zero-order chi connectivity index (χ0) is 19.6. The highest BCUT2D eigenvalue weighted by Gasteiger charge is 2.19. The van der Waals surface area contributed by atoms with E-state index in [9.17, 15) is 0 Å². The minimum absolute atomic E-state index is 0. The Morgan fingerprint density at radius 2 is 2.10 bits per heavy atom. The van der Waals surface area contributed by atoms with Crippen molar-refractivity contribution in [1.82, 2.24) is 30.3 Å². The van der Waals surface area contributed by atoms with Gasteiger partial charge in [0.1, 0.15) is 12.2 Å². The monoisotopic (exact) mass is 531 g/mol. The van der Waals surface area contributed by atoms with Crippen molar-refractivity contribution in [2.75, 3.05) is 26.2 Å². The van der Waals surface area contributed by atoms with E-state index in [0.717, 1.165) is 31.3 Å². The van der Waals surface area contributed by atoms with Crippen molar-refractivity contribution in [3.05, 3.63) is 34.5 Å². The number of aromatic nitrogens is 3. The van der Waals surface area contributed by atoms with Crippen molar-refractivity contribution in [2.45, 2.75) is 58.7 Å². The molecular weight excluding hydrogens is 497 g/mol. The van der Waals surface area contributed by atoms with Gasteiger partial charge in [0.05, 0.1) is 6.54 Å². The highest BCUT2D eigenvalue weighted by atomic mass is 127. The number of rotatable bonds is 9. The third-order valence-corrected chi connectivity index (χ3v) is 5.96. The van der Waals surface area contributed by atoms with E-state index >= 15 is 0 Å². The van der Waals surface area contributed by atoms with Crippen LogP contribution in [-0.4, -0.2) is 57.8 Å². The Balaban J connectivity index is 0.00000300. The number of aryl methyl sites for hydroxylation is 1. The maximum Gasteiger partial charge on any atom is 0.191 e. The SMILES string of the molecule is CCCN1CCC(NC(=NCc2cccs2)NCCn2cnnc2CC)CC1.I. The second-order valence-corrected chi connectivity index (χ2v) is 8.26. The minimum Gasteiger partial charge on any atom is -0.355 e. The summed E-state index contributed by atoms with van der Waals surface area (Å²) in [5.74, 6) is 1.93. The van der Waals surface area contributed by atoms with Crippen LogP contribution in [0.3, 0.4) is 0 Å². The lowest BCUT2D eigenvalue weighted by atomic mass is 10.1. The number of aliphatic imine (C=N–C) groups is 1. The van der Waals surface area contributed by atoms with Crippen molar-refractivity contribution >= 4 is 41.3 Å². The average Bonchev–Trinajstić information content (AvgIpc) is 3.39. The van der Waals surface area contributed by atoms with Crippen LogP contribution in [0.2, 0.25) is 0 Å². The summed E-state index contributed by atoms with van der Waals surface area (Å²) >= 11 is 1.75. The van der Waals surface area contributed by atoms with Gasteiger partial charge in [0.15, 0.2) is 5.96 Å². The number of halogens is 1. The van der Waals surface area contributed by atoms with E-state index in [1.54, 1.807) is 17.7 Å². The lowest BCUT2D eigenvalue weighted by Gasteiger charge is -2.32. The van der Waals surface area contributed by atoms with E-state index < -0.39 is 0 Å². The molecule has 2 aromatic rings. The van der Waals surface area contributed by atoms with Crippen molar-refractivity contribution in [3.8, 4) is 0 Å². The number of nitrogens with zero attached hydrogens (tertiary/aromatic N) is 5. The Kier molecular flexibility index (Phi) is 10.9. The molecule has 2 aromatic heterocycles. The molecule has 1 saturated heterocycles. The van der Waals surface area contributed by atoms with Gasteiger partial charge in [0.2, 0.25) is 0 Å². The van der Waals surface area contributed by atoms with Crippen molar-refractivity contribution in [1.29, 1.82) is 0 Å². The molecule has 0 spiro atoms. The smallest absolute Gasteiger partial charge is 0.191 e. The van der Waals surface area contributed by atoms with Gasteiger partial charge in [-0.1, -0.05) is 19.9 Å². The molecule has 1 fully saturated rings. The number of nitrogens with one attached hydrogen (secondary N) is 2. The molecule has 1 aliphatic heterocycles. The Morgan fingerprint density at radius 3 is 2.79 bits per heavy atom. The molecule has 9 heteroatoms. The van der Waals surface area contributed by atoms with Gasteiger partial charge in [-0.05, 0) is 37.3 Å². The zero-order valence-corrected chi connectivity index (χ0v) is 20.7. The second kappa shape index (κ2) is 13.2. The molecule has 3 heterocycles. The van der Waals surface area contributed by atoms with Gasteiger partial charge in [-0.25, -0.2) is 4.99 Å². The summed E-state index contributed by atoms with van der Waals surface area (Å²) in [5.41, 5.74) is 0. The van der Waals surface area contributed by atoms with Crippen LogP contribution in [0.4, 0.5) is 0 Å². The topological polar surface area (TPSA) is 70.4 Å². The van der Waals surface area contributed by atoms with Gasteiger partial charge in [-0.2, -0.15) is 0 Å². The molecule has 1 aliphatic rings. The second-order valence-electron chi connectivity index (χ2n) is 7.23. The third kappa shape index (κ3) is 7.86. The van der Waals surface area contributed by atoms with Crippen LogP contribution in [0.15, 0.2) is 28.8 Å². The Hall–Kier alpha value is -1.20. The van der Waals surface area contributed by atoms with Crippen LogP contribution in [0, 0.1) is 0 Å². The van der Waals surface area contributed by atoms with Crippen LogP contribution >= 0.6 is 35.3 Å². The number of hydrogen-bond acceptors (Lipinski definition) is 5. The van der Waals surface area contributed by atoms with E-state index in [2.05, 4.69) is 61.7 Å². The summed E-state index contributed by atoms with van der Waals surface area (Å²) in [4.78, 5) is 8.67.